The number of sulfone groups is 1. The summed E-state index contributed by atoms with van der Waals surface area (Å²) in [7, 11) is 1.03. The molecule has 1 heterocycles. The van der Waals surface area contributed by atoms with E-state index >= 15 is 0 Å². The molecule has 0 N–H and O–H groups in total. The van der Waals surface area contributed by atoms with E-state index in [4.69, 9.17) is 0 Å². The standard InChI is InChI=1S/C15H23N3O4S/c1-16(2)8-9-17(15-7-10-23(21,22)12-15)11-13-3-5-14(6-4-13)18(19)20/h3-6,15H,7-12H2,1-2H3/t15-/m1/s1. The number of nitro benzene ring substituents is 1. The lowest BCUT2D eigenvalue weighted by Gasteiger charge is -2.29. The number of hydrogen-bond donors (Lipinski definition) is 0. The summed E-state index contributed by atoms with van der Waals surface area (Å²) in [4.78, 5) is 14.5. The summed E-state index contributed by atoms with van der Waals surface area (Å²) in [6, 6.07) is 6.49. The van der Waals surface area contributed by atoms with Gasteiger partial charge < -0.3 is 4.90 Å². The summed E-state index contributed by atoms with van der Waals surface area (Å²) in [5.41, 5.74) is 1.02. The molecule has 1 atom stereocenters. The molecule has 0 aliphatic carbocycles. The van der Waals surface area contributed by atoms with Crippen LogP contribution in [0.3, 0.4) is 0 Å². The first-order chi connectivity index (χ1) is 10.8. The summed E-state index contributed by atoms with van der Waals surface area (Å²) >= 11 is 0. The second kappa shape index (κ2) is 7.37. The van der Waals surface area contributed by atoms with Crippen LogP contribution < -0.4 is 0 Å². The van der Waals surface area contributed by atoms with E-state index in [0.717, 1.165) is 18.7 Å². The number of rotatable bonds is 7. The van der Waals surface area contributed by atoms with E-state index in [1.165, 1.54) is 12.1 Å². The number of nitro groups is 1. The molecule has 0 bridgehead atoms. The van der Waals surface area contributed by atoms with Gasteiger partial charge in [-0.15, -0.1) is 0 Å². The zero-order valence-corrected chi connectivity index (χ0v) is 14.3. The maximum absolute atomic E-state index is 11.7. The molecule has 2 rings (SSSR count). The monoisotopic (exact) mass is 341 g/mol. The molecule has 7 nitrogen and oxygen atoms in total. The highest BCUT2D eigenvalue weighted by atomic mass is 32.2. The fraction of sp³-hybridized carbons (Fsp3) is 0.600. The van der Waals surface area contributed by atoms with Crippen molar-refractivity contribution in [3.05, 3.63) is 39.9 Å². The Morgan fingerprint density at radius 3 is 2.35 bits per heavy atom. The minimum atomic E-state index is -2.93. The highest BCUT2D eigenvalue weighted by Crippen LogP contribution is 2.21. The molecular weight excluding hydrogens is 318 g/mol. The van der Waals surface area contributed by atoms with Crippen LogP contribution in [0, 0.1) is 10.1 Å². The van der Waals surface area contributed by atoms with E-state index in [0.29, 0.717) is 13.0 Å². The van der Waals surface area contributed by atoms with Crippen molar-refractivity contribution in [3.8, 4) is 0 Å². The first-order valence-corrected chi connectivity index (χ1v) is 9.41. The molecule has 0 spiro atoms. The predicted molar refractivity (Wildman–Crippen MR) is 89.1 cm³/mol. The Morgan fingerprint density at radius 2 is 1.87 bits per heavy atom. The Hall–Kier alpha value is -1.51. The molecule has 0 saturated carbocycles. The lowest BCUT2D eigenvalue weighted by molar-refractivity contribution is -0.384. The second-order valence-electron chi connectivity index (χ2n) is 6.25. The van der Waals surface area contributed by atoms with Crippen molar-refractivity contribution in [2.24, 2.45) is 0 Å². The first kappa shape index (κ1) is 17.8. The Kier molecular flexibility index (Phi) is 5.72. The van der Waals surface area contributed by atoms with Crippen LogP contribution in [0.4, 0.5) is 5.69 Å². The number of hydrogen-bond acceptors (Lipinski definition) is 6. The van der Waals surface area contributed by atoms with Crippen LogP contribution in [0.15, 0.2) is 24.3 Å². The molecule has 0 unspecified atom stereocenters. The highest BCUT2D eigenvalue weighted by Gasteiger charge is 2.32. The predicted octanol–water partition coefficient (Wildman–Crippen LogP) is 1.15. The minimum absolute atomic E-state index is 0.0233. The van der Waals surface area contributed by atoms with Gasteiger partial charge >= 0.3 is 0 Å². The van der Waals surface area contributed by atoms with E-state index in [2.05, 4.69) is 9.80 Å². The molecule has 128 valence electrons. The zero-order valence-electron chi connectivity index (χ0n) is 13.5. The first-order valence-electron chi connectivity index (χ1n) is 7.59. The van der Waals surface area contributed by atoms with Crippen LogP contribution in [-0.4, -0.2) is 67.9 Å². The van der Waals surface area contributed by atoms with Crippen LogP contribution in [0.25, 0.3) is 0 Å². The van der Waals surface area contributed by atoms with Crippen LogP contribution in [0.2, 0.25) is 0 Å². The Labute approximate surface area is 137 Å². The smallest absolute Gasteiger partial charge is 0.269 e. The van der Waals surface area contributed by atoms with E-state index < -0.39 is 14.8 Å². The molecule has 1 aromatic rings. The van der Waals surface area contributed by atoms with Crippen LogP contribution in [0.1, 0.15) is 12.0 Å². The molecule has 1 aliphatic rings. The quantitative estimate of drug-likeness (QED) is 0.546. The summed E-state index contributed by atoms with van der Waals surface area (Å²) in [5, 5.41) is 10.7. The molecule has 1 aliphatic heterocycles. The van der Waals surface area contributed by atoms with Crippen molar-refractivity contribution in [1.82, 2.24) is 9.80 Å². The number of likely N-dealkylation sites (N-methyl/N-ethyl adjacent to an activating group) is 1. The van der Waals surface area contributed by atoms with Gasteiger partial charge in [0.15, 0.2) is 9.84 Å². The molecule has 1 saturated heterocycles. The summed E-state index contributed by atoms with van der Waals surface area (Å²) < 4.78 is 23.5. The van der Waals surface area contributed by atoms with Crippen molar-refractivity contribution < 1.29 is 13.3 Å². The van der Waals surface area contributed by atoms with Gasteiger partial charge in [-0.1, -0.05) is 12.1 Å². The minimum Gasteiger partial charge on any atom is -0.308 e. The fourth-order valence-electron chi connectivity index (χ4n) is 2.74. The van der Waals surface area contributed by atoms with Crippen molar-refractivity contribution in [2.45, 2.75) is 19.0 Å². The van der Waals surface area contributed by atoms with Crippen molar-refractivity contribution >= 4 is 15.5 Å². The number of nitrogens with zero attached hydrogens (tertiary/aromatic N) is 3. The van der Waals surface area contributed by atoms with Crippen LogP contribution in [-0.2, 0) is 16.4 Å². The van der Waals surface area contributed by atoms with Gasteiger partial charge in [0, 0.05) is 37.8 Å². The molecule has 1 aromatic carbocycles. The molecule has 8 heteroatoms. The summed E-state index contributed by atoms with van der Waals surface area (Å²) in [6.07, 6.45) is 0.655. The van der Waals surface area contributed by atoms with Crippen LogP contribution in [0.5, 0.6) is 0 Å². The van der Waals surface area contributed by atoms with Gasteiger partial charge in [-0.3, -0.25) is 15.0 Å². The maximum Gasteiger partial charge on any atom is 0.269 e. The topological polar surface area (TPSA) is 83.8 Å². The van der Waals surface area contributed by atoms with E-state index in [9.17, 15) is 18.5 Å². The van der Waals surface area contributed by atoms with Gasteiger partial charge in [0.05, 0.1) is 16.4 Å². The second-order valence-corrected chi connectivity index (χ2v) is 8.48. The van der Waals surface area contributed by atoms with Gasteiger partial charge in [-0.25, -0.2) is 8.42 Å². The summed E-state index contributed by atoms with van der Waals surface area (Å²) in [5.74, 6) is 0.448. The Morgan fingerprint density at radius 1 is 1.22 bits per heavy atom. The SMILES string of the molecule is CN(C)CCN(Cc1ccc([N+](=O)[O-])cc1)[C@@H]1CCS(=O)(=O)C1. The molecular formula is C15H23N3O4S. The van der Waals surface area contributed by atoms with Gasteiger partial charge in [0.2, 0.25) is 0 Å². The third-order valence-corrected chi connectivity index (χ3v) is 5.84. The van der Waals surface area contributed by atoms with Crippen LogP contribution >= 0.6 is 0 Å². The Balaban J connectivity index is 2.09. The van der Waals surface area contributed by atoms with E-state index in [1.54, 1.807) is 12.1 Å². The Bertz CT molecular complexity index is 643. The molecule has 0 amide bonds. The maximum atomic E-state index is 11.7. The van der Waals surface area contributed by atoms with Gasteiger partial charge in [-0.05, 0) is 26.1 Å². The third kappa shape index (κ3) is 5.26. The average Bonchev–Trinajstić information content (AvgIpc) is 2.84. The molecule has 1 fully saturated rings. The lowest BCUT2D eigenvalue weighted by atomic mass is 10.1. The lowest BCUT2D eigenvalue weighted by Crippen LogP contribution is -2.40. The zero-order chi connectivity index (χ0) is 17.0. The fourth-order valence-corrected chi connectivity index (χ4v) is 4.50. The number of non-ortho nitro benzene ring substituents is 1. The average molecular weight is 341 g/mol. The van der Waals surface area contributed by atoms with Gasteiger partial charge in [0.1, 0.15) is 0 Å². The summed E-state index contributed by atoms with van der Waals surface area (Å²) in [6.45, 7) is 2.21. The molecule has 23 heavy (non-hydrogen) atoms. The molecule has 0 radical (unpaired) electrons. The van der Waals surface area contributed by atoms with Crippen molar-refractivity contribution in [3.63, 3.8) is 0 Å². The van der Waals surface area contributed by atoms with E-state index in [1.807, 2.05) is 14.1 Å². The van der Waals surface area contributed by atoms with Crippen molar-refractivity contribution in [2.75, 3.05) is 38.7 Å². The largest absolute Gasteiger partial charge is 0.308 e. The van der Waals surface area contributed by atoms with Crippen molar-refractivity contribution in [1.29, 1.82) is 0 Å². The highest BCUT2D eigenvalue weighted by molar-refractivity contribution is 7.91. The third-order valence-electron chi connectivity index (χ3n) is 4.09. The number of benzene rings is 1. The van der Waals surface area contributed by atoms with Gasteiger partial charge in [0.25, 0.3) is 5.69 Å². The van der Waals surface area contributed by atoms with E-state index in [-0.39, 0.29) is 23.2 Å². The normalized spacial score (nSPS) is 20.3. The molecule has 0 aromatic heterocycles. The van der Waals surface area contributed by atoms with Gasteiger partial charge in [-0.2, -0.15) is 0 Å².